The minimum absolute atomic E-state index is 0.00266. The lowest BCUT2D eigenvalue weighted by Gasteiger charge is -2.48. The molecule has 1 aromatic rings. The van der Waals surface area contributed by atoms with Gasteiger partial charge in [-0.25, -0.2) is 9.78 Å². The molecule has 7 heteroatoms. The fourth-order valence-corrected chi connectivity index (χ4v) is 3.86. The zero-order valence-corrected chi connectivity index (χ0v) is 15.1. The normalized spacial score (nSPS) is 20.3. The lowest BCUT2D eigenvalue weighted by atomic mass is 9.79. The van der Waals surface area contributed by atoms with E-state index in [1.807, 2.05) is 0 Å². The number of carbonyl (C=O) groups is 2. The van der Waals surface area contributed by atoms with Crippen LogP contribution >= 0.6 is 0 Å². The van der Waals surface area contributed by atoms with Crippen molar-refractivity contribution in [2.75, 3.05) is 39.5 Å². The van der Waals surface area contributed by atoms with Crippen molar-refractivity contribution in [1.29, 1.82) is 0 Å². The molecule has 0 atom stereocenters. The molecule has 1 saturated heterocycles. The highest BCUT2D eigenvalue weighted by Crippen LogP contribution is 2.33. The van der Waals surface area contributed by atoms with Gasteiger partial charge in [-0.05, 0) is 25.0 Å². The summed E-state index contributed by atoms with van der Waals surface area (Å²) in [4.78, 5) is 30.5. The average molecular weight is 361 g/mol. The number of amides is 1. The second-order valence-electron chi connectivity index (χ2n) is 6.95. The minimum atomic E-state index is -0.582. The van der Waals surface area contributed by atoms with Gasteiger partial charge in [-0.1, -0.05) is 25.3 Å². The molecule has 0 radical (unpaired) electrons. The summed E-state index contributed by atoms with van der Waals surface area (Å²) in [6.45, 7) is 3.62. The van der Waals surface area contributed by atoms with E-state index in [1.54, 1.807) is 18.2 Å². The Morgan fingerprint density at radius 3 is 2.65 bits per heavy atom. The van der Waals surface area contributed by atoms with Crippen molar-refractivity contribution in [2.45, 2.75) is 37.6 Å². The number of ether oxygens (including phenoxy) is 2. The predicted octanol–water partition coefficient (Wildman–Crippen LogP) is 1.39. The molecule has 0 spiro atoms. The van der Waals surface area contributed by atoms with Crippen LogP contribution in [0.25, 0.3) is 0 Å². The summed E-state index contributed by atoms with van der Waals surface area (Å²) in [6, 6.07) is 4.99. The first-order valence-electron chi connectivity index (χ1n) is 9.37. The maximum Gasteiger partial charge on any atom is 0.357 e. The lowest BCUT2D eigenvalue weighted by molar-refractivity contribution is -0.125. The van der Waals surface area contributed by atoms with Crippen molar-refractivity contribution in [1.82, 2.24) is 15.2 Å². The van der Waals surface area contributed by atoms with Crippen molar-refractivity contribution in [3.05, 3.63) is 30.1 Å². The molecule has 2 fully saturated rings. The monoisotopic (exact) mass is 361 g/mol. The quantitative estimate of drug-likeness (QED) is 0.771. The number of esters is 1. The highest BCUT2D eigenvalue weighted by atomic mass is 16.5. The van der Waals surface area contributed by atoms with Crippen LogP contribution in [0.5, 0.6) is 0 Å². The summed E-state index contributed by atoms with van der Waals surface area (Å²) >= 11 is 0. The number of aromatic nitrogens is 1. The summed E-state index contributed by atoms with van der Waals surface area (Å²) in [5, 5.41) is 2.98. The Balaban J connectivity index is 1.50. The Morgan fingerprint density at radius 1 is 1.19 bits per heavy atom. The Bertz CT molecular complexity index is 596. The first kappa shape index (κ1) is 18.8. The molecule has 2 aliphatic rings. The van der Waals surface area contributed by atoms with E-state index >= 15 is 0 Å². The van der Waals surface area contributed by atoms with Crippen LogP contribution in [0, 0.1) is 0 Å². The fourth-order valence-electron chi connectivity index (χ4n) is 3.86. The molecule has 142 valence electrons. The third kappa shape index (κ3) is 4.80. The number of hydrogen-bond donors (Lipinski definition) is 1. The standard InChI is InChI=1S/C19H27N3O4/c23-17(14-26-18(24)16-6-2-5-9-20-16)21-15-19(7-3-1-4-8-19)22-10-12-25-13-11-22/h2,5-6,9H,1,3-4,7-8,10-15H2,(H,21,23). The molecule has 1 saturated carbocycles. The van der Waals surface area contributed by atoms with Crippen LogP contribution < -0.4 is 5.32 Å². The summed E-state index contributed by atoms with van der Waals surface area (Å²) < 4.78 is 10.5. The van der Waals surface area contributed by atoms with Crippen molar-refractivity contribution >= 4 is 11.9 Å². The molecule has 7 nitrogen and oxygen atoms in total. The second-order valence-corrected chi connectivity index (χ2v) is 6.95. The lowest BCUT2D eigenvalue weighted by Crippen LogP contribution is -2.59. The van der Waals surface area contributed by atoms with E-state index in [-0.39, 0.29) is 23.7 Å². The Hall–Kier alpha value is -1.99. The van der Waals surface area contributed by atoms with E-state index < -0.39 is 5.97 Å². The summed E-state index contributed by atoms with van der Waals surface area (Å²) in [5.74, 6) is -0.853. The highest BCUT2D eigenvalue weighted by Gasteiger charge is 2.38. The first-order chi connectivity index (χ1) is 12.7. The summed E-state index contributed by atoms with van der Waals surface area (Å²) in [7, 11) is 0. The summed E-state index contributed by atoms with van der Waals surface area (Å²) in [6.07, 6.45) is 7.30. The van der Waals surface area contributed by atoms with Gasteiger partial charge in [-0.2, -0.15) is 0 Å². The van der Waals surface area contributed by atoms with E-state index in [0.29, 0.717) is 6.54 Å². The van der Waals surface area contributed by atoms with Gasteiger partial charge in [0.1, 0.15) is 5.69 Å². The van der Waals surface area contributed by atoms with E-state index in [2.05, 4.69) is 15.2 Å². The molecule has 1 aliphatic carbocycles. The average Bonchev–Trinajstić information content (AvgIpc) is 2.72. The zero-order chi connectivity index (χ0) is 18.2. The van der Waals surface area contributed by atoms with Gasteiger partial charge in [0, 0.05) is 31.4 Å². The number of rotatable bonds is 6. The molecule has 0 bridgehead atoms. The van der Waals surface area contributed by atoms with Crippen LogP contribution in [0.3, 0.4) is 0 Å². The predicted molar refractivity (Wildman–Crippen MR) is 95.7 cm³/mol. The maximum atomic E-state index is 12.2. The van der Waals surface area contributed by atoms with Crippen molar-refractivity contribution in [3.8, 4) is 0 Å². The van der Waals surface area contributed by atoms with E-state index in [4.69, 9.17) is 9.47 Å². The van der Waals surface area contributed by atoms with E-state index in [9.17, 15) is 9.59 Å². The third-order valence-corrected chi connectivity index (χ3v) is 5.29. The number of nitrogens with one attached hydrogen (secondary N) is 1. The molecule has 1 aromatic heterocycles. The molecule has 26 heavy (non-hydrogen) atoms. The largest absolute Gasteiger partial charge is 0.451 e. The van der Waals surface area contributed by atoms with Gasteiger partial charge in [-0.3, -0.25) is 9.69 Å². The van der Waals surface area contributed by atoms with Crippen LogP contribution in [0.2, 0.25) is 0 Å². The van der Waals surface area contributed by atoms with Crippen LogP contribution in [0.15, 0.2) is 24.4 Å². The molecule has 0 unspecified atom stereocenters. The number of nitrogens with zero attached hydrogens (tertiary/aromatic N) is 2. The molecule has 3 rings (SSSR count). The molecular weight excluding hydrogens is 334 g/mol. The van der Waals surface area contributed by atoms with Crippen LogP contribution in [-0.2, 0) is 14.3 Å². The second kappa shape index (κ2) is 9.09. The topological polar surface area (TPSA) is 80.8 Å². The van der Waals surface area contributed by atoms with Gasteiger partial charge in [0.2, 0.25) is 0 Å². The molecule has 1 amide bonds. The number of hydrogen-bond acceptors (Lipinski definition) is 6. The SMILES string of the molecule is O=C(COC(=O)c1ccccn1)NCC1(N2CCOCC2)CCCCC1. The van der Waals surface area contributed by atoms with Gasteiger partial charge in [0.25, 0.3) is 5.91 Å². The van der Waals surface area contributed by atoms with Crippen LogP contribution in [0.4, 0.5) is 0 Å². The van der Waals surface area contributed by atoms with Crippen molar-refractivity contribution < 1.29 is 19.1 Å². The van der Waals surface area contributed by atoms with Crippen molar-refractivity contribution in [3.63, 3.8) is 0 Å². The van der Waals surface area contributed by atoms with Crippen LogP contribution in [0.1, 0.15) is 42.6 Å². The first-order valence-corrected chi connectivity index (χ1v) is 9.37. The highest BCUT2D eigenvalue weighted by molar-refractivity contribution is 5.89. The molecule has 1 N–H and O–H groups in total. The molecular formula is C19H27N3O4. The molecule has 1 aliphatic heterocycles. The number of pyridine rings is 1. The van der Waals surface area contributed by atoms with Gasteiger partial charge in [0.05, 0.1) is 13.2 Å². The van der Waals surface area contributed by atoms with Gasteiger partial charge in [0.15, 0.2) is 6.61 Å². The Labute approximate surface area is 154 Å². The smallest absolute Gasteiger partial charge is 0.357 e. The number of morpholine rings is 1. The third-order valence-electron chi connectivity index (χ3n) is 5.29. The van der Waals surface area contributed by atoms with Crippen LogP contribution in [-0.4, -0.2) is 66.8 Å². The Kier molecular flexibility index (Phi) is 6.57. The summed E-state index contributed by atoms with van der Waals surface area (Å²) in [5.41, 5.74) is 0.209. The fraction of sp³-hybridized carbons (Fsp3) is 0.632. The Morgan fingerprint density at radius 2 is 1.96 bits per heavy atom. The van der Waals surface area contributed by atoms with E-state index in [0.717, 1.165) is 39.1 Å². The number of carbonyl (C=O) groups excluding carboxylic acids is 2. The molecule has 2 heterocycles. The van der Waals surface area contributed by atoms with Crippen molar-refractivity contribution in [2.24, 2.45) is 0 Å². The van der Waals surface area contributed by atoms with Gasteiger partial charge in [-0.15, -0.1) is 0 Å². The maximum absolute atomic E-state index is 12.2. The molecule has 0 aromatic carbocycles. The minimum Gasteiger partial charge on any atom is -0.451 e. The van der Waals surface area contributed by atoms with E-state index in [1.165, 1.54) is 25.5 Å². The van der Waals surface area contributed by atoms with Gasteiger partial charge < -0.3 is 14.8 Å². The van der Waals surface area contributed by atoms with Gasteiger partial charge >= 0.3 is 5.97 Å². The zero-order valence-electron chi connectivity index (χ0n) is 15.1.